The number of aryl methyl sites for hydroxylation is 1. The molecule has 3 N–H and O–H groups in total. The van der Waals surface area contributed by atoms with E-state index >= 15 is 0 Å². The highest BCUT2D eigenvalue weighted by atomic mass is 16.5. The summed E-state index contributed by atoms with van der Waals surface area (Å²) in [6, 6.07) is 7.88. The molecule has 5 rings (SSSR count). The quantitative estimate of drug-likeness (QED) is 0.257. The Morgan fingerprint density at radius 1 is 1.14 bits per heavy atom. The summed E-state index contributed by atoms with van der Waals surface area (Å²) in [7, 11) is 3.56. The van der Waals surface area contributed by atoms with Gasteiger partial charge in [-0.2, -0.15) is 4.73 Å². The standard InChI is InChI=1S/C27H30N6O3/c1-16(28-5)27(4,25-30-10-12-33(25)36)32-11-8-19-21(26(2,3)35)13-17(14-22(19)32)20-15-31(6)23-18(20)7-9-29-24(23)34/h7-15,35-36H,1-6H3,(H,29,34). The minimum Gasteiger partial charge on any atom is -0.427 e. The second kappa shape index (κ2) is 7.96. The molecule has 36 heavy (non-hydrogen) atoms. The summed E-state index contributed by atoms with van der Waals surface area (Å²) < 4.78 is 4.85. The van der Waals surface area contributed by atoms with Crippen LogP contribution in [-0.4, -0.2) is 46.9 Å². The summed E-state index contributed by atoms with van der Waals surface area (Å²) in [5.74, 6) is 0.412. The van der Waals surface area contributed by atoms with E-state index < -0.39 is 11.1 Å². The third-order valence-electron chi connectivity index (χ3n) is 7.26. The normalized spacial score (nSPS) is 14.6. The number of nitrogens with one attached hydrogen (secondary N) is 1. The van der Waals surface area contributed by atoms with Crippen LogP contribution in [0.3, 0.4) is 0 Å². The van der Waals surface area contributed by atoms with Gasteiger partial charge in [0.15, 0.2) is 5.82 Å². The third-order valence-corrected chi connectivity index (χ3v) is 7.26. The van der Waals surface area contributed by atoms with Crippen LogP contribution in [0, 0.1) is 0 Å². The molecule has 4 heterocycles. The number of aromatic amines is 1. The lowest BCUT2D eigenvalue weighted by Gasteiger charge is -2.32. The summed E-state index contributed by atoms with van der Waals surface area (Å²) in [4.78, 5) is 24.2. The molecule has 0 spiro atoms. The Labute approximate surface area is 207 Å². The molecular formula is C27H30N6O3. The largest absolute Gasteiger partial charge is 0.427 e. The van der Waals surface area contributed by atoms with Gasteiger partial charge >= 0.3 is 0 Å². The van der Waals surface area contributed by atoms with Gasteiger partial charge in [-0.15, -0.1) is 0 Å². The Hall–Kier alpha value is -4.11. The highest BCUT2D eigenvalue weighted by Crippen LogP contribution is 2.39. The maximum atomic E-state index is 12.5. The molecule has 0 fully saturated rings. The van der Waals surface area contributed by atoms with Crippen LogP contribution >= 0.6 is 0 Å². The van der Waals surface area contributed by atoms with E-state index in [1.165, 1.54) is 6.20 Å². The summed E-state index contributed by atoms with van der Waals surface area (Å²) in [5.41, 5.74) is 2.42. The molecule has 1 aromatic carbocycles. The molecule has 1 atom stereocenters. The van der Waals surface area contributed by atoms with Crippen molar-refractivity contribution in [3.8, 4) is 11.1 Å². The smallest absolute Gasteiger partial charge is 0.272 e. The van der Waals surface area contributed by atoms with Crippen LogP contribution in [-0.2, 0) is 18.2 Å². The SMILES string of the molecule is CN=C(C)C(C)(c1nccn1O)n1ccc2c(C(C)(C)O)cc(-c3cn(C)c4c(=O)[nH]ccc34)cc21. The van der Waals surface area contributed by atoms with Gasteiger partial charge < -0.3 is 24.4 Å². The highest BCUT2D eigenvalue weighted by Gasteiger charge is 2.38. The van der Waals surface area contributed by atoms with Crippen molar-refractivity contribution in [1.29, 1.82) is 0 Å². The van der Waals surface area contributed by atoms with Gasteiger partial charge in [-0.25, -0.2) is 4.98 Å². The predicted molar refractivity (Wildman–Crippen MR) is 141 cm³/mol. The Kier molecular flexibility index (Phi) is 5.22. The molecule has 0 saturated carbocycles. The van der Waals surface area contributed by atoms with Crippen molar-refractivity contribution >= 4 is 27.5 Å². The summed E-state index contributed by atoms with van der Waals surface area (Å²) in [6.45, 7) is 7.38. The number of fused-ring (bicyclic) bond motifs is 2. The number of aliphatic imine (C=N–C) groups is 1. The summed E-state index contributed by atoms with van der Waals surface area (Å²) >= 11 is 0. The number of aliphatic hydroxyl groups is 1. The number of hydrogen-bond acceptors (Lipinski definition) is 5. The van der Waals surface area contributed by atoms with E-state index in [0.717, 1.165) is 43.4 Å². The predicted octanol–water partition coefficient (Wildman–Crippen LogP) is 4.00. The van der Waals surface area contributed by atoms with E-state index in [-0.39, 0.29) is 5.56 Å². The summed E-state index contributed by atoms with van der Waals surface area (Å²) in [6.07, 6.45) is 8.54. The number of rotatable bonds is 5. The molecule has 5 aromatic rings. The van der Waals surface area contributed by atoms with Crippen LogP contribution in [0.1, 0.15) is 39.1 Å². The molecule has 0 aliphatic heterocycles. The van der Waals surface area contributed by atoms with E-state index in [0.29, 0.717) is 11.3 Å². The second-order valence-electron chi connectivity index (χ2n) is 9.90. The maximum Gasteiger partial charge on any atom is 0.272 e. The number of pyridine rings is 1. The zero-order valence-electron chi connectivity index (χ0n) is 21.2. The van der Waals surface area contributed by atoms with Crippen LogP contribution in [0.5, 0.6) is 0 Å². The first-order valence-electron chi connectivity index (χ1n) is 11.7. The van der Waals surface area contributed by atoms with Gasteiger partial charge in [-0.05, 0) is 63.1 Å². The third kappa shape index (κ3) is 3.30. The van der Waals surface area contributed by atoms with Gasteiger partial charge in [0, 0.05) is 60.9 Å². The van der Waals surface area contributed by atoms with E-state index in [4.69, 9.17) is 0 Å². The zero-order valence-corrected chi connectivity index (χ0v) is 21.2. The highest BCUT2D eigenvalue weighted by molar-refractivity contribution is 6.00. The molecule has 0 aliphatic rings. The molecule has 9 nitrogen and oxygen atoms in total. The van der Waals surface area contributed by atoms with Gasteiger partial charge in [0.1, 0.15) is 11.1 Å². The summed E-state index contributed by atoms with van der Waals surface area (Å²) in [5, 5.41) is 23.4. The fraction of sp³-hybridized carbons (Fsp3) is 0.296. The van der Waals surface area contributed by atoms with Gasteiger partial charge in [-0.3, -0.25) is 9.79 Å². The molecule has 0 radical (unpaired) electrons. The number of H-pyrrole nitrogens is 1. The number of aromatic nitrogens is 5. The molecule has 0 saturated heterocycles. The van der Waals surface area contributed by atoms with Gasteiger partial charge in [0.2, 0.25) is 0 Å². The minimum atomic E-state index is -1.14. The monoisotopic (exact) mass is 486 g/mol. The van der Waals surface area contributed by atoms with Gasteiger partial charge in [-0.1, -0.05) is 0 Å². The first-order valence-corrected chi connectivity index (χ1v) is 11.7. The maximum absolute atomic E-state index is 12.5. The number of benzene rings is 1. The van der Waals surface area contributed by atoms with Crippen molar-refractivity contribution < 1.29 is 10.3 Å². The average molecular weight is 487 g/mol. The van der Waals surface area contributed by atoms with Crippen LogP contribution in [0.15, 0.2) is 65.0 Å². The van der Waals surface area contributed by atoms with Crippen molar-refractivity contribution in [2.45, 2.75) is 38.8 Å². The van der Waals surface area contributed by atoms with Crippen LogP contribution < -0.4 is 5.56 Å². The fourth-order valence-electron chi connectivity index (χ4n) is 5.20. The molecule has 186 valence electrons. The van der Waals surface area contributed by atoms with Gasteiger partial charge in [0.25, 0.3) is 5.56 Å². The first kappa shape index (κ1) is 23.6. The topological polar surface area (TPSA) is 113 Å². The number of hydrogen-bond donors (Lipinski definition) is 3. The molecule has 0 bridgehead atoms. The molecule has 0 amide bonds. The lowest BCUT2D eigenvalue weighted by molar-refractivity contribution is 0.0802. The lowest BCUT2D eigenvalue weighted by Crippen LogP contribution is -2.41. The van der Waals surface area contributed by atoms with Crippen LogP contribution in [0.4, 0.5) is 0 Å². The Balaban J connectivity index is 1.89. The van der Waals surface area contributed by atoms with Gasteiger partial charge in [0.05, 0.1) is 17.3 Å². The Morgan fingerprint density at radius 2 is 1.89 bits per heavy atom. The second-order valence-corrected chi connectivity index (χ2v) is 9.90. The van der Waals surface area contributed by atoms with E-state index in [2.05, 4.69) is 15.0 Å². The van der Waals surface area contributed by atoms with Crippen molar-refractivity contribution in [2.75, 3.05) is 7.05 Å². The average Bonchev–Trinajstić information content (AvgIpc) is 3.54. The molecular weight excluding hydrogens is 456 g/mol. The van der Waals surface area contributed by atoms with Crippen molar-refractivity contribution in [3.63, 3.8) is 0 Å². The van der Waals surface area contributed by atoms with Crippen LogP contribution in [0.25, 0.3) is 32.9 Å². The molecule has 1 unspecified atom stereocenters. The Morgan fingerprint density at radius 3 is 2.53 bits per heavy atom. The number of nitrogens with zero attached hydrogens (tertiary/aromatic N) is 5. The molecule has 0 aliphatic carbocycles. The first-order chi connectivity index (χ1) is 17.0. The van der Waals surface area contributed by atoms with Crippen molar-refractivity contribution in [2.24, 2.45) is 12.0 Å². The van der Waals surface area contributed by atoms with Crippen molar-refractivity contribution in [3.05, 3.63) is 77.0 Å². The Bertz CT molecular complexity index is 1710. The van der Waals surface area contributed by atoms with E-state index in [1.807, 2.05) is 66.7 Å². The zero-order chi connectivity index (χ0) is 26.0. The van der Waals surface area contributed by atoms with E-state index in [1.54, 1.807) is 33.3 Å². The van der Waals surface area contributed by atoms with E-state index in [9.17, 15) is 15.1 Å². The van der Waals surface area contributed by atoms with Crippen LogP contribution in [0.2, 0.25) is 0 Å². The van der Waals surface area contributed by atoms with Crippen molar-refractivity contribution in [1.82, 2.24) is 23.8 Å². The molecule has 4 aromatic heterocycles. The fourth-order valence-corrected chi connectivity index (χ4v) is 5.20. The minimum absolute atomic E-state index is 0.162. The lowest BCUT2D eigenvalue weighted by atomic mass is 9.90. The number of imidazole rings is 1. The molecule has 9 heteroatoms.